The van der Waals surface area contributed by atoms with Gasteiger partial charge in [0.05, 0.1) is 11.1 Å². The number of rotatable bonds is 4. The summed E-state index contributed by atoms with van der Waals surface area (Å²) in [6, 6.07) is 6.69. The van der Waals surface area contributed by atoms with Crippen LogP contribution in [0.2, 0.25) is 0 Å². The van der Waals surface area contributed by atoms with Crippen molar-refractivity contribution in [2.45, 2.75) is 50.7 Å². The molecular weight excluding hydrogens is 328 g/mol. The maximum Gasteiger partial charge on any atom is 0.338 e. The first-order chi connectivity index (χ1) is 12.7. The fourth-order valence-corrected chi connectivity index (χ4v) is 5.35. The highest BCUT2D eigenvalue weighted by atomic mass is 16.5. The third kappa shape index (κ3) is 2.85. The minimum absolute atomic E-state index is 0.0000640. The Labute approximate surface area is 153 Å². The van der Waals surface area contributed by atoms with Crippen molar-refractivity contribution in [1.82, 2.24) is 0 Å². The molecule has 4 bridgehead atoms. The molecule has 0 aromatic heterocycles. The smallest absolute Gasteiger partial charge is 0.338 e. The fourth-order valence-electron chi connectivity index (χ4n) is 5.35. The van der Waals surface area contributed by atoms with Crippen molar-refractivity contribution < 1.29 is 19.1 Å². The average Bonchev–Trinajstić information content (AvgIpc) is 3.43. The highest BCUT2D eigenvalue weighted by Crippen LogP contribution is 2.46. The van der Waals surface area contributed by atoms with Crippen LogP contribution in [0, 0.1) is 23.7 Å². The molecule has 136 valence electrons. The zero-order valence-corrected chi connectivity index (χ0v) is 14.8. The normalized spacial score (nSPS) is 36.5. The van der Waals surface area contributed by atoms with Crippen molar-refractivity contribution in [3.8, 4) is 0 Å². The van der Waals surface area contributed by atoms with Crippen LogP contribution in [0.3, 0.4) is 0 Å². The lowest BCUT2D eigenvalue weighted by Gasteiger charge is -2.22. The number of benzene rings is 1. The summed E-state index contributed by atoms with van der Waals surface area (Å²) in [6.45, 7) is 0. The molecule has 0 spiro atoms. The number of ether oxygens (including phenoxy) is 2. The molecule has 4 nitrogen and oxygen atoms in total. The van der Waals surface area contributed by atoms with Crippen LogP contribution in [0.25, 0.3) is 0 Å². The predicted molar refractivity (Wildman–Crippen MR) is 95.7 cm³/mol. The quantitative estimate of drug-likeness (QED) is 0.603. The highest BCUT2D eigenvalue weighted by Gasteiger charge is 2.42. The summed E-state index contributed by atoms with van der Waals surface area (Å²) in [6.07, 6.45) is 11.2. The Morgan fingerprint density at radius 3 is 1.96 bits per heavy atom. The average molecular weight is 352 g/mol. The third-order valence-corrected chi connectivity index (χ3v) is 6.76. The van der Waals surface area contributed by atoms with Crippen LogP contribution in [0.15, 0.2) is 36.4 Å². The van der Waals surface area contributed by atoms with Crippen molar-refractivity contribution in [2.75, 3.05) is 0 Å². The van der Waals surface area contributed by atoms with Crippen LogP contribution in [0.5, 0.6) is 0 Å². The van der Waals surface area contributed by atoms with Gasteiger partial charge in [-0.05, 0) is 80.5 Å². The van der Waals surface area contributed by atoms with Crippen molar-refractivity contribution in [3.05, 3.63) is 47.5 Å². The summed E-state index contributed by atoms with van der Waals surface area (Å²) in [5.41, 5.74) is 1.00. The number of carbonyl (C=O) groups excluding carboxylic acids is 2. The summed E-state index contributed by atoms with van der Waals surface area (Å²) >= 11 is 0. The van der Waals surface area contributed by atoms with Gasteiger partial charge in [0.1, 0.15) is 12.2 Å². The Hall–Kier alpha value is -2.10. The number of hydrogen-bond donors (Lipinski definition) is 0. The van der Waals surface area contributed by atoms with E-state index in [9.17, 15) is 9.59 Å². The second kappa shape index (κ2) is 6.26. The lowest BCUT2D eigenvalue weighted by atomic mass is 9.98. The zero-order chi connectivity index (χ0) is 17.7. The lowest BCUT2D eigenvalue weighted by molar-refractivity contribution is 0.0156. The molecule has 0 heterocycles. The number of hydrogen-bond acceptors (Lipinski definition) is 4. The predicted octanol–water partition coefficient (Wildman–Crippen LogP) is 4.15. The van der Waals surface area contributed by atoms with Crippen molar-refractivity contribution in [1.29, 1.82) is 0 Å². The van der Waals surface area contributed by atoms with Gasteiger partial charge in [0.15, 0.2) is 0 Å². The van der Waals surface area contributed by atoms with Gasteiger partial charge in [-0.1, -0.05) is 12.2 Å². The van der Waals surface area contributed by atoms with Gasteiger partial charge in [0.2, 0.25) is 0 Å². The van der Waals surface area contributed by atoms with E-state index in [4.69, 9.17) is 9.47 Å². The van der Waals surface area contributed by atoms with Gasteiger partial charge >= 0.3 is 11.9 Å². The van der Waals surface area contributed by atoms with Gasteiger partial charge in [-0.25, -0.2) is 9.59 Å². The summed E-state index contributed by atoms with van der Waals surface area (Å²) in [7, 11) is 0. The summed E-state index contributed by atoms with van der Waals surface area (Å²) in [5.74, 6) is 1.66. The molecular formula is C22H24O4. The summed E-state index contributed by atoms with van der Waals surface area (Å²) in [5, 5.41) is 0. The van der Waals surface area contributed by atoms with E-state index >= 15 is 0 Å². The van der Waals surface area contributed by atoms with Crippen LogP contribution in [-0.2, 0) is 9.47 Å². The third-order valence-electron chi connectivity index (χ3n) is 6.76. The number of allylic oxidation sites excluding steroid dienone is 1. The second-order valence-electron chi connectivity index (χ2n) is 8.42. The fraction of sp³-hybridized carbons (Fsp3) is 0.545. The lowest BCUT2D eigenvalue weighted by Crippen LogP contribution is -2.24. The first kappa shape index (κ1) is 16.1. The minimum atomic E-state index is -0.302. The van der Waals surface area contributed by atoms with E-state index in [1.807, 2.05) is 0 Å². The SMILES string of the molecule is O=C(OC1C[C@@H]2C=CC1C2)c1ccc(C(=O)OC2CC3CCC2C3)cc1. The molecule has 0 radical (unpaired) electrons. The highest BCUT2D eigenvalue weighted by molar-refractivity contribution is 5.93. The molecule has 4 aliphatic carbocycles. The number of esters is 2. The Balaban J connectivity index is 1.19. The first-order valence-corrected chi connectivity index (χ1v) is 9.86. The van der Waals surface area contributed by atoms with Crippen LogP contribution < -0.4 is 0 Å². The molecule has 4 heteroatoms. The summed E-state index contributed by atoms with van der Waals surface area (Å²) in [4.78, 5) is 24.7. The molecule has 1 aromatic rings. The molecule has 0 aliphatic heterocycles. The van der Waals surface area contributed by atoms with Crippen LogP contribution >= 0.6 is 0 Å². The molecule has 0 saturated heterocycles. The molecule has 5 unspecified atom stereocenters. The molecule has 3 fully saturated rings. The van der Waals surface area contributed by atoms with Crippen LogP contribution in [0.4, 0.5) is 0 Å². The molecule has 6 atom stereocenters. The topological polar surface area (TPSA) is 52.6 Å². The van der Waals surface area contributed by atoms with Gasteiger partial charge in [-0.2, -0.15) is 0 Å². The first-order valence-electron chi connectivity index (χ1n) is 9.86. The Kier molecular flexibility index (Phi) is 3.87. The molecule has 4 aliphatic rings. The van der Waals surface area contributed by atoms with Crippen LogP contribution in [-0.4, -0.2) is 24.1 Å². The van der Waals surface area contributed by atoms with Crippen molar-refractivity contribution in [3.63, 3.8) is 0 Å². The van der Waals surface area contributed by atoms with Gasteiger partial charge in [-0.15, -0.1) is 0 Å². The van der Waals surface area contributed by atoms with Gasteiger partial charge in [-0.3, -0.25) is 0 Å². The van der Waals surface area contributed by atoms with E-state index in [0.717, 1.165) is 25.2 Å². The number of carbonyl (C=O) groups is 2. The number of fused-ring (bicyclic) bond motifs is 4. The molecule has 3 saturated carbocycles. The summed E-state index contributed by atoms with van der Waals surface area (Å²) < 4.78 is 11.4. The zero-order valence-electron chi connectivity index (χ0n) is 14.8. The molecule has 0 N–H and O–H groups in total. The minimum Gasteiger partial charge on any atom is -0.458 e. The van der Waals surface area contributed by atoms with E-state index in [2.05, 4.69) is 12.2 Å². The van der Waals surface area contributed by atoms with E-state index in [1.54, 1.807) is 24.3 Å². The Morgan fingerprint density at radius 2 is 1.46 bits per heavy atom. The van der Waals surface area contributed by atoms with Gasteiger partial charge in [0, 0.05) is 5.92 Å². The Bertz CT molecular complexity index is 750. The molecule has 5 rings (SSSR count). The van der Waals surface area contributed by atoms with Crippen molar-refractivity contribution in [2.24, 2.45) is 23.7 Å². The Morgan fingerprint density at radius 1 is 0.769 bits per heavy atom. The molecule has 0 amide bonds. The van der Waals surface area contributed by atoms with E-state index in [0.29, 0.717) is 28.9 Å². The van der Waals surface area contributed by atoms with E-state index in [-0.39, 0.29) is 24.1 Å². The van der Waals surface area contributed by atoms with Crippen LogP contribution in [0.1, 0.15) is 59.2 Å². The van der Waals surface area contributed by atoms with E-state index in [1.165, 1.54) is 19.3 Å². The second-order valence-corrected chi connectivity index (χ2v) is 8.42. The molecule has 1 aromatic carbocycles. The van der Waals surface area contributed by atoms with Gasteiger partial charge in [0.25, 0.3) is 0 Å². The largest absolute Gasteiger partial charge is 0.458 e. The van der Waals surface area contributed by atoms with Crippen molar-refractivity contribution >= 4 is 11.9 Å². The van der Waals surface area contributed by atoms with Gasteiger partial charge < -0.3 is 9.47 Å². The standard InChI is InChI=1S/C22H24O4/c23-21(25-19-11-13-1-3-17(19)9-13)15-5-7-16(8-6-15)22(24)26-20-12-14-2-4-18(20)10-14/h1,3,5-8,13-14,17-20H,2,4,9-12H2/t13-,14?,17?,18?,19?,20?/m1/s1. The maximum atomic E-state index is 12.4. The maximum absolute atomic E-state index is 12.4. The monoisotopic (exact) mass is 352 g/mol. The molecule has 26 heavy (non-hydrogen) atoms. The van der Waals surface area contributed by atoms with E-state index < -0.39 is 0 Å².